The number of thiophene rings is 1. The van der Waals surface area contributed by atoms with Crippen molar-refractivity contribution in [2.45, 2.75) is 6.92 Å². The van der Waals surface area contributed by atoms with Crippen molar-refractivity contribution >= 4 is 23.5 Å². The highest BCUT2D eigenvalue weighted by molar-refractivity contribution is 7.07. The van der Waals surface area contributed by atoms with Crippen LogP contribution in [0.2, 0.25) is 0 Å². The Labute approximate surface area is 70.2 Å². The molecule has 0 bridgehead atoms. The third kappa shape index (κ3) is 1.29. The second-order valence-corrected chi connectivity index (χ2v) is 3.77. The van der Waals surface area contributed by atoms with Gasteiger partial charge in [-0.1, -0.05) is 31.2 Å². The summed E-state index contributed by atoms with van der Waals surface area (Å²) in [6.45, 7) is 2.21. The summed E-state index contributed by atoms with van der Waals surface area (Å²) in [6, 6.07) is 2.17. The molecular weight excluding hydrogens is 152 g/mol. The van der Waals surface area contributed by atoms with E-state index in [1.807, 2.05) is 11.3 Å². The Hall–Kier alpha value is -0.820. The van der Waals surface area contributed by atoms with Gasteiger partial charge < -0.3 is 0 Å². The molecule has 1 aromatic rings. The van der Waals surface area contributed by atoms with E-state index in [9.17, 15) is 0 Å². The van der Waals surface area contributed by atoms with Gasteiger partial charge in [0.05, 0.1) is 0 Å². The van der Waals surface area contributed by atoms with E-state index in [0.717, 1.165) is 0 Å². The smallest absolute Gasteiger partial charge is 0.0308 e. The third-order valence-electron chi connectivity index (χ3n) is 1.83. The van der Waals surface area contributed by atoms with Crippen molar-refractivity contribution in [2.75, 3.05) is 0 Å². The first-order valence-electron chi connectivity index (χ1n) is 3.80. The van der Waals surface area contributed by atoms with Gasteiger partial charge in [0.2, 0.25) is 0 Å². The SMILES string of the molecule is CC1C=CC=c2ccsc2=C1. The molecule has 56 valence electrons. The van der Waals surface area contributed by atoms with Gasteiger partial charge in [-0.25, -0.2) is 0 Å². The van der Waals surface area contributed by atoms with E-state index >= 15 is 0 Å². The van der Waals surface area contributed by atoms with Crippen LogP contribution in [0.4, 0.5) is 0 Å². The molecular formula is C10H10S. The van der Waals surface area contributed by atoms with Crippen LogP contribution in [0.3, 0.4) is 0 Å². The first kappa shape index (κ1) is 6.86. The fraction of sp³-hybridized carbons (Fsp3) is 0.200. The second kappa shape index (κ2) is 2.67. The molecule has 0 N–H and O–H groups in total. The second-order valence-electron chi connectivity index (χ2n) is 2.82. The van der Waals surface area contributed by atoms with E-state index < -0.39 is 0 Å². The molecule has 0 saturated carbocycles. The van der Waals surface area contributed by atoms with E-state index in [2.05, 4.69) is 42.7 Å². The van der Waals surface area contributed by atoms with Gasteiger partial charge in [0.1, 0.15) is 0 Å². The number of allylic oxidation sites excluding steroid dienone is 2. The molecule has 2 rings (SSSR count). The summed E-state index contributed by atoms with van der Waals surface area (Å²) in [7, 11) is 0. The minimum absolute atomic E-state index is 0.575. The quantitative estimate of drug-likeness (QED) is 0.542. The normalized spacial score (nSPS) is 21.4. The maximum atomic E-state index is 2.31. The van der Waals surface area contributed by atoms with Crippen LogP contribution >= 0.6 is 11.3 Å². The van der Waals surface area contributed by atoms with E-state index in [1.54, 1.807) is 0 Å². The molecule has 0 fully saturated rings. The molecule has 11 heavy (non-hydrogen) atoms. The molecule has 0 spiro atoms. The summed E-state index contributed by atoms with van der Waals surface area (Å²) in [6.07, 6.45) is 8.83. The Morgan fingerprint density at radius 1 is 1.45 bits per heavy atom. The van der Waals surface area contributed by atoms with Gasteiger partial charge in [-0.3, -0.25) is 0 Å². The van der Waals surface area contributed by atoms with Crippen molar-refractivity contribution in [1.29, 1.82) is 0 Å². The lowest BCUT2D eigenvalue weighted by Gasteiger charge is -1.91. The zero-order chi connectivity index (χ0) is 7.68. The highest BCUT2D eigenvalue weighted by atomic mass is 32.1. The van der Waals surface area contributed by atoms with Gasteiger partial charge in [-0.2, -0.15) is 0 Å². The molecule has 0 saturated heterocycles. The van der Waals surface area contributed by atoms with Crippen molar-refractivity contribution in [3.05, 3.63) is 33.3 Å². The van der Waals surface area contributed by atoms with Gasteiger partial charge in [0, 0.05) is 4.53 Å². The van der Waals surface area contributed by atoms with Crippen LogP contribution in [0.1, 0.15) is 6.92 Å². The number of fused-ring (bicyclic) bond motifs is 1. The predicted octanol–water partition coefficient (Wildman–Crippen LogP) is 1.52. The molecule has 1 aliphatic rings. The lowest BCUT2D eigenvalue weighted by molar-refractivity contribution is 1.00. The van der Waals surface area contributed by atoms with Crippen molar-refractivity contribution in [3.8, 4) is 0 Å². The first-order chi connectivity index (χ1) is 5.36. The topological polar surface area (TPSA) is 0 Å². The van der Waals surface area contributed by atoms with Crippen molar-refractivity contribution in [2.24, 2.45) is 5.92 Å². The van der Waals surface area contributed by atoms with Crippen LogP contribution in [-0.4, -0.2) is 0 Å². The van der Waals surface area contributed by atoms with Crippen LogP contribution in [0.25, 0.3) is 12.2 Å². The molecule has 1 aliphatic carbocycles. The summed E-state index contributed by atoms with van der Waals surface area (Å²) >= 11 is 1.82. The zero-order valence-electron chi connectivity index (χ0n) is 6.45. The summed E-state index contributed by atoms with van der Waals surface area (Å²) in [5.41, 5.74) is 0. The number of rotatable bonds is 0. The minimum atomic E-state index is 0.575. The molecule has 0 nitrogen and oxygen atoms in total. The van der Waals surface area contributed by atoms with E-state index in [1.165, 1.54) is 9.75 Å². The van der Waals surface area contributed by atoms with Crippen LogP contribution < -0.4 is 9.75 Å². The molecule has 0 amide bonds. The standard InChI is InChI=1S/C10H10S/c1-8-3-2-4-9-5-6-11-10(9)7-8/h2-8H,1H3. The Bertz CT molecular complexity index is 381. The molecule has 1 aromatic heterocycles. The Balaban J connectivity index is 2.74. The van der Waals surface area contributed by atoms with Gasteiger partial charge in [-0.05, 0) is 22.6 Å². The Morgan fingerprint density at radius 3 is 3.27 bits per heavy atom. The van der Waals surface area contributed by atoms with Crippen molar-refractivity contribution in [3.63, 3.8) is 0 Å². The monoisotopic (exact) mass is 162 g/mol. The molecule has 1 heteroatoms. The van der Waals surface area contributed by atoms with Crippen LogP contribution in [0.15, 0.2) is 23.6 Å². The van der Waals surface area contributed by atoms with Crippen LogP contribution in [0, 0.1) is 5.92 Å². The summed E-state index contributed by atoms with van der Waals surface area (Å²) in [4.78, 5) is 0. The molecule has 0 aromatic carbocycles. The summed E-state index contributed by atoms with van der Waals surface area (Å²) < 4.78 is 1.41. The zero-order valence-corrected chi connectivity index (χ0v) is 7.27. The molecule has 1 heterocycles. The van der Waals surface area contributed by atoms with E-state index in [4.69, 9.17) is 0 Å². The molecule has 1 atom stereocenters. The highest BCUT2D eigenvalue weighted by Gasteiger charge is 1.94. The lowest BCUT2D eigenvalue weighted by atomic mass is 10.2. The van der Waals surface area contributed by atoms with E-state index in [0.29, 0.717) is 5.92 Å². The predicted molar refractivity (Wildman–Crippen MR) is 50.8 cm³/mol. The minimum Gasteiger partial charge on any atom is -0.144 e. The van der Waals surface area contributed by atoms with Crippen molar-refractivity contribution in [1.82, 2.24) is 0 Å². The van der Waals surface area contributed by atoms with E-state index in [-0.39, 0.29) is 0 Å². The molecule has 0 radical (unpaired) electrons. The van der Waals surface area contributed by atoms with Gasteiger partial charge in [0.25, 0.3) is 0 Å². The number of hydrogen-bond donors (Lipinski definition) is 0. The number of hydrogen-bond acceptors (Lipinski definition) is 1. The van der Waals surface area contributed by atoms with Gasteiger partial charge in [-0.15, -0.1) is 11.3 Å². The first-order valence-corrected chi connectivity index (χ1v) is 4.68. The average molecular weight is 162 g/mol. The highest BCUT2D eigenvalue weighted by Crippen LogP contribution is 2.01. The Morgan fingerprint density at radius 2 is 2.36 bits per heavy atom. The van der Waals surface area contributed by atoms with Crippen LogP contribution in [-0.2, 0) is 0 Å². The Kier molecular flexibility index (Phi) is 1.66. The summed E-state index contributed by atoms with van der Waals surface area (Å²) in [5.74, 6) is 0.575. The largest absolute Gasteiger partial charge is 0.144 e. The molecule has 0 aliphatic heterocycles. The van der Waals surface area contributed by atoms with Gasteiger partial charge in [0.15, 0.2) is 0 Å². The third-order valence-corrected chi connectivity index (χ3v) is 2.73. The fourth-order valence-corrected chi connectivity index (χ4v) is 2.16. The lowest BCUT2D eigenvalue weighted by Crippen LogP contribution is -2.16. The maximum Gasteiger partial charge on any atom is 0.0308 e. The van der Waals surface area contributed by atoms with Gasteiger partial charge >= 0.3 is 0 Å². The average Bonchev–Trinajstić information content (AvgIpc) is 2.31. The van der Waals surface area contributed by atoms with Crippen LogP contribution in [0.5, 0.6) is 0 Å². The summed E-state index contributed by atoms with van der Waals surface area (Å²) in [5, 5.41) is 3.50. The van der Waals surface area contributed by atoms with Crippen molar-refractivity contribution < 1.29 is 0 Å². The molecule has 1 unspecified atom stereocenters. The fourth-order valence-electron chi connectivity index (χ4n) is 1.23. The maximum absolute atomic E-state index is 2.31.